The summed E-state index contributed by atoms with van der Waals surface area (Å²) in [5, 5.41) is 66.9. The van der Waals surface area contributed by atoms with Crippen molar-refractivity contribution in [2.75, 3.05) is 37.2 Å². The molecule has 12 rings (SSSR count). The van der Waals surface area contributed by atoms with E-state index in [0.29, 0.717) is 63.8 Å². The van der Waals surface area contributed by atoms with Crippen LogP contribution in [0.2, 0.25) is 0 Å². The number of unbranched alkanes of at least 4 members (excludes halogenated alkanes) is 4. The van der Waals surface area contributed by atoms with Crippen LogP contribution < -0.4 is 37.2 Å². The van der Waals surface area contributed by atoms with Crippen molar-refractivity contribution in [2.45, 2.75) is 159 Å². The highest BCUT2D eigenvalue weighted by Crippen LogP contribution is 2.26. The average molecular weight is 1490 g/mol. The molecule has 12 aromatic rings. The van der Waals surface area contributed by atoms with Gasteiger partial charge in [-0.3, -0.25) is 69.3 Å². The molecule has 7 aromatic heterocycles. The molecule has 0 unspecified atom stereocenters. The SMILES string of the molecule is CC(=O)Nc1cc(-c2ccccc2)[nH]n1.CC(=O)Nc1cc(C(C)(C)C)[nH]n1.CC(=O)Nc1cc(C)[nH]n1.CC(C)(C)c1cc(NC(=O)c2ccccc2)n[nH]1.CCCCCCCC(=O)Nc1cc(C(C)(C)C)[nH]n1.Cc1cc(NC(=O)c2ccccc2)n[nH]1.O=C(Nc1cc(-c2ccccc2)[nH]n1)c1ccccc1. The van der Waals surface area contributed by atoms with Crippen LogP contribution in [0.4, 0.5) is 40.7 Å². The van der Waals surface area contributed by atoms with Crippen LogP contribution in [-0.4, -0.2) is 113 Å². The van der Waals surface area contributed by atoms with E-state index in [4.69, 9.17) is 0 Å². The number of benzene rings is 5. The number of hydrogen-bond donors (Lipinski definition) is 14. The lowest BCUT2D eigenvalue weighted by Crippen LogP contribution is -2.12. The smallest absolute Gasteiger partial charge is 0.256 e. The lowest BCUT2D eigenvalue weighted by Gasteiger charge is -2.14. The first-order chi connectivity index (χ1) is 52.3. The van der Waals surface area contributed by atoms with E-state index in [1.54, 1.807) is 54.6 Å². The highest BCUT2D eigenvalue weighted by Gasteiger charge is 2.20. The number of anilines is 7. The van der Waals surface area contributed by atoms with Crippen LogP contribution >= 0.6 is 0 Å². The van der Waals surface area contributed by atoms with Crippen LogP contribution in [-0.2, 0) is 35.4 Å². The summed E-state index contributed by atoms with van der Waals surface area (Å²) in [4.78, 5) is 79.3. The molecule has 578 valence electrons. The minimum Gasteiger partial charge on any atom is -0.309 e. The molecule has 7 amide bonds. The number of amides is 7. The van der Waals surface area contributed by atoms with Crippen molar-refractivity contribution in [1.29, 1.82) is 0 Å². The predicted molar refractivity (Wildman–Crippen MR) is 435 cm³/mol. The monoisotopic (exact) mass is 1490 g/mol. The third-order valence-corrected chi connectivity index (χ3v) is 15.4. The van der Waals surface area contributed by atoms with Gasteiger partial charge in [0.1, 0.15) is 0 Å². The maximum atomic E-state index is 12.0. The number of aromatic nitrogens is 14. The quantitative estimate of drug-likeness (QED) is 0.0355. The summed E-state index contributed by atoms with van der Waals surface area (Å²) in [6.45, 7) is 29.1. The van der Waals surface area contributed by atoms with Crippen LogP contribution in [0.15, 0.2) is 194 Å². The van der Waals surface area contributed by atoms with Gasteiger partial charge in [0.25, 0.3) is 17.7 Å². The van der Waals surface area contributed by atoms with E-state index in [-0.39, 0.29) is 57.6 Å². The Balaban J connectivity index is 0.000000202. The predicted octanol–water partition coefficient (Wildman–Crippen LogP) is 16.6. The molecular formula is C82H103N21O7. The van der Waals surface area contributed by atoms with E-state index in [2.05, 4.69) is 178 Å². The van der Waals surface area contributed by atoms with E-state index in [1.807, 2.05) is 153 Å². The Kier molecular flexibility index (Phi) is 33.4. The first kappa shape index (κ1) is 85.8. The number of aromatic amines is 7. The van der Waals surface area contributed by atoms with Crippen LogP contribution in [0.25, 0.3) is 22.5 Å². The van der Waals surface area contributed by atoms with E-state index in [1.165, 1.54) is 40.0 Å². The fourth-order valence-electron chi connectivity index (χ4n) is 9.55. The molecule has 0 bridgehead atoms. The second-order valence-corrected chi connectivity index (χ2v) is 28.4. The standard InChI is InChI=1S/C16H13N3O.C15H27N3O.C14H17N3O.2C11H11N3O.C9H15N3O.C6H9N3O/c20-16(13-9-5-2-6-10-13)17-15-11-14(18-19-15)12-7-3-1-4-8-12;1-5-6-7-8-9-10-14(19)16-13-11-12(17-18-13)15(2,3)4;1-14(2,3)11-9-12(17-16-11)15-13(18)10-7-5-4-6-8-10;1-8(15)12-11-7-10(13-14-11)9-5-3-2-4-6-9;1-8-7-10(14-13-8)12-11(15)9-5-3-2-4-6-9;1-6(13)10-8-5-7(11-12-8)9(2,3)4;1-4-3-6(9-8-4)7-5(2)10/h1-11H,(H2,17,18,19,20);11H,5-10H2,1-4H3,(H2,16,17,18,19);4-9H,1-3H3,(H2,15,16,17,18);2*2-7H,1H3,(H2,12,13,14,15);5H,1-4H3,(H2,10,11,12,13);3H,1-2H3,(H2,7,8,9,10). The molecule has 0 radical (unpaired) electrons. The van der Waals surface area contributed by atoms with E-state index < -0.39 is 0 Å². The number of nitrogens with one attached hydrogen (secondary N) is 14. The van der Waals surface area contributed by atoms with Gasteiger partial charge in [-0.1, -0.05) is 210 Å². The molecule has 110 heavy (non-hydrogen) atoms. The maximum Gasteiger partial charge on any atom is 0.256 e. The van der Waals surface area contributed by atoms with Gasteiger partial charge in [-0.25, -0.2) is 0 Å². The average Bonchev–Trinajstić information content (AvgIpc) is 1.62. The highest BCUT2D eigenvalue weighted by atomic mass is 16.2. The highest BCUT2D eigenvalue weighted by molar-refractivity contribution is 6.05. The van der Waals surface area contributed by atoms with Gasteiger partial charge in [-0.15, -0.1) is 0 Å². The molecule has 5 aromatic carbocycles. The topological polar surface area (TPSA) is 404 Å². The molecule has 0 atom stereocenters. The number of H-pyrrole nitrogens is 7. The first-order valence-corrected chi connectivity index (χ1v) is 36.0. The van der Waals surface area contributed by atoms with Crippen molar-refractivity contribution < 1.29 is 33.6 Å². The normalized spacial score (nSPS) is 10.6. The van der Waals surface area contributed by atoms with Crippen molar-refractivity contribution in [1.82, 2.24) is 71.4 Å². The number of nitrogens with zero attached hydrogens (tertiary/aromatic N) is 7. The number of carbonyl (C=O) groups is 7. The minimum atomic E-state index is -0.170. The molecule has 0 aliphatic carbocycles. The zero-order valence-corrected chi connectivity index (χ0v) is 65.2. The molecule has 0 aliphatic rings. The fraction of sp³-hybridized carbons (Fsp3) is 0.293. The minimum absolute atomic E-state index is 0.0112. The van der Waals surface area contributed by atoms with E-state index in [9.17, 15) is 33.6 Å². The fourth-order valence-corrected chi connectivity index (χ4v) is 9.55. The summed E-state index contributed by atoms with van der Waals surface area (Å²) < 4.78 is 0. The third-order valence-electron chi connectivity index (χ3n) is 15.4. The van der Waals surface area contributed by atoms with Gasteiger partial charge >= 0.3 is 0 Å². The first-order valence-electron chi connectivity index (χ1n) is 36.0. The zero-order valence-electron chi connectivity index (χ0n) is 65.2. The van der Waals surface area contributed by atoms with Crippen molar-refractivity contribution >= 4 is 82.1 Å². The number of hydrogen-bond acceptors (Lipinski definition) is 14. The van der Waals surface area contributed by atoms with Gasteiger partial charge in [0.05, 0.1) is 11.4 Å². The van der Waals surface area contributed by atoms with Gasteiger partial charge in [0.2, 0.25) is 23.6 Å². The van der Waals surface area contributed by atoms with Crippen LogP contribution in [0, 0.1) is 13.8 Å². The van der Waals surface area contributed by atoms with Crippen LogP contribution in [0.3, 0.4) is 0 Å². The Hall–Kier alpha value is -13.1. The van der Waals surface area contributed by atoms with Crippen LogP contribution in [0.1, 0.15) is 188 Å². The van der Waals surface area contributed by atoms with Gasteiger partial charge in [0, 0.05) is 131 Å². The number of rotatable bonds is 18. The number of aryl methyl sites for hydroxylation is 2. The van der Waals surface area contributed by atoms with Gasteiger partial charge in [-0.05, 0) is 67.8 Å². The summed E-state index contributed by atoms with van der Waals surface area (Å²) in [6, 6.07) is 59.6. The number of carbonyl (C=O) groups excluding carboxylic acids is 7. The molecule has 0 saturated carbocycles. The van der Waals surface area contributed by atoms with Gasteiger partial charge in [0.15, 0.2) is 40.7 Å². The van der Waals surface area contributed by atoms with Gasteiger partial charge < -0.3 is 37.2 Å². The Labute approximate surface area is 641 Å². The van der Waals surface area contributed by atoms with Crippen molar-refractivity contribution in [3.63, 3.8) is 0 Å². The molecule has 0 aliphatic heterocycles. The second kappa shape index (κ2) is 42.9. The Bertz CT molecular complexity index is 4760. The van der Waals surface area contributed by atoms with E-state index in [0.717, 1.165) is 63.8 Å². The summed E-state index contributed by atoms with van der Waals surface area (Å²) in [5.41, 5.74) is 10.6. The Morgan fingerprint density at radius 3 is 0.873 bits per heavy atom. The third kappa shape index (κ3) is 31.5. The summed E-state index contributed by atoms with van der Waals surface area (Å²) in [7, 11) is 0. The van der Waals surface area contributed by atoms with Crippen LogP contribution in [0.5, 0.6) is 0 Å². The molecular weight excluding hydrogens is 1390 g/mol. The molecule has 28 nitrogen and oxygen atoms in total. The summed E-state index contributed by atoms with van der Waals surface area (Å²) in [6.07, 6.45) is 6.39. The molecule has 28 heteroatoms. The van der Waals surface area contributed by atoms with E-state index >= 15 is 0 Å². The maximum absolute atomic E-state index is 12.0. The lowest BCUT2D eigenvalue weighted by atomic mass is 9.92. The Morgan fingerprint density at radius 2 is 0.573 bits per heavy atom. The van der Waals surface area contributed by atoms with Crippen molar-refractivity contribution in [3.8, 4) is 22.5 Å². The lowest BCUT2D eigenvalue weighted by molar-refractivity contribution is -0.116. The molecule has 7 heterocycles. The molecule has 0 spiro atoms. The Morgan fingerprint density at radius 1 is 0.309 bits per heavy atom. The van der Waals surface area contributed by atoms with Crippen molar-refractivity contribution in [3.05, 3.63) is 239 Å². The zero-order chi connectivity index (χ0) is 80.2. The summed E-state index contributed by atoms with van der Waals surface area (Å²) >= 11 is 0. The molecule has 0 fully saturated rings. The largest absolute Gasteiger partial charge is 0.309 e. The van der Waals surface area contributed by atoms with Crippen molar-refractivity contribution in [2.24, 2.45) is 0 Å². The van der Waals surface area contributed by atoms with Gasteiger partial charge in [-0.2, -0.15) is 35.7 Å². The summed E-state index contributed by atoms with van der Waals surface area (Å²) in [5.74, 6) is 3.18. The molecule has 14 N–H and O–H groups in total. The second-order valence-electron chi connectivity index (χ2n) is 28.4. The molecule has 0 saturated heterocycles.